The second-order valence-corrected chi connectivity index (χ2v) is 7.16. The Labute approximate surface area is 145 Å². The van der Waals surface area contributed by atoms with Crippen LogP contribution < -0.4 is 4.74 Å². The van der Waals surface area contributed by atoms with Gasteiger partial charge < -0.3 is 14.9 Å². The van der Waals surface area contributed by atoms with E-state index in [2.05, 4.69) is 20.8 Å². The van der Waals surface area contributed by atoms with Crippen LogP contribution in [0, 0.1) is 11.8 Å². The summed E-state index contributed by atoms with van der Waals surface area (Å²) in [5, 5.41) is 19.7. The number of aromatic hydroxyl groups is 1. The number of Topliss-reactive ketones (excluding diaryl/α,β-unsaturated/α-hetero) is 1. The Kier molecular flexibility index (Phi) is 8.83. The van der Waals surface area contributed by atoms with E-state index in [0.29, 0.717) is 18.1 Å². The number of phenolic OH excluding ortho intramolecular Hbond substituents is 1. The first kappa shape index (κ1) is 20.5. The van der Waals surface area contributed by atoms with Gasteiger partial charge in [0.1, 0.15) is 6.10 Å². The second kappa shape index (κ2) is 10.3. The van der Waals surface area contributed by atoms with E-state index in [0.717, 1.165) is 24.3 Å². The Bertz CT molecular complexity index is 510. The van der Waals surface area contributed by atoms with Crippen molar-refractivity contribution in [1.82, 2.24) is 0 Å². The van der Waals surface area contributed by atoms with E-state index >= 15 is 0 Å². The fourth-order valence-corrected chi connectivity index (χ4v) is 2.76. The Morgan fingerprint density at radius 3 is 2.50 bits per heavy atom. The molecular weight excluding hydrogens is 304 g/mol. The minimum Gasteiger partial charge on any atom is -0.504 e. The highest BCUT2D eigenvalue weighted by molar-refractivity contribution is 5.83. The van der Waals surface area contributed by atoms with Crippen molar-refractivity contribution in [2.45, 2.75) is 65.4 Å². The zero-order chi connectivity index (χ0) is 18.1. The van der Waals surface area contributed by atoms with Crippen molar-refractivity contribution >= 4 is 5.78 Å². The monoisotopic (exact) mass is 336 g/mol. The SMILES string of the molecule is COc1cc(C[C@@H](O)C(=O)CC[C@H](C)CCCC(C)C)ccc1O. The molecule has 0 aliphatic carbocycles. The summed E-state index contributed by atoms with van der Waals surface area (Å²) in [6.07, 6.45) is 4.05. The number of ether oxygens (including phenoxy) is 1. The topological polar surface area (TPSA) is 66.8 Å². The summed E-state index contributed by atoms with van der Waals surface area (Å²) in [5.41, 5.74) is 0.774. The van der Waals surface area contributed by atoms with E-state index in [1.807, 2.05) is 0 Å². The molecule has 1 aromatic rings. The van der Waals surface area contributed by atoms with Gasteiger partial charge in [-0.3, -0.25) is 4.79 Å². The van der Waals surface area contributed by atoms with Crippen molar-refractivity contribution in [2.75, 3.05) is 7.11 Å². The number of hydrogen-bond donors (Lipinski definition) is 2. The zero-order valence-corrected chi connectivity index (χ0v) is 15.4. The molecule has 0 radical (unpaired) electrons. The summed E-state index contributed by atoms with van der Waals surface area (Å²) in [6, 6.07) is 4.87. The molecule has 2 atom stereocenters. The van der Waals surface area contributed by atoms with E-state index < -0.39 is 6.10 Å². The molecule has 1 rings (SSSR count). The molecule has 0 saturated carbocycles. The van der Waals surface area contributed by atoms with E-state index in [9.17, 15) is 15.0 Å². The van der Waals surface area contributed by atoms with Gasteiger partial charge >= 0.3 is 0 Å². The number of hydrogen-bond acceptors (Lipinski definition) is 4. The number of carbonyl (C=O) groups is 1. The van der Waals surface area contributed by atoms with Crippen molar-refractivity contribution < 1.29 is 19.7 Å². The molecule has 24 heavy (non-hydrogen) atoms. The van der Waals surface area contributed by atoms with Gasteiger partial charge in [-0.2, -0.15) is 0 Å². The molecule has 0 spiro atoms. The Balaban J connectivity index is 2.39. The van der Waals surface area contributed by atoms with Crippen LogP contribution in [0.2, 0.25) is 0 Å². The minimum atomic E-state index is -0.998. The van der Waals surface area contributed by atoms with Crippen LogP contribution in [0.5, 0.6) is 11.5 Å². The molecule has 0 fully saturated rings. The number of benzene rings is 1. The third kappa shape index (κ3) is 7.35. The van der Waals surface area contributed by atoms with Gasteiger partial charge in [0.2, 0.25) is 0 Å². The van der Waals surface area contributed by atoms with Crippen LogP contribution in [-0.2, 0) is 11.2 Å². The molecule has 4 nitrogen and oxygen atoms in total. The lowest BCUT2D eigenvalue weighted by Gasteiger charge is -2.14. The first-order chi connectivity index (χ1) is 11.3. The fraction of sp³-hybridized carbons (Fsp3) is 0.650. The number of ketones is 1. The van der Waals surface area contributed by atoms with Gasteiger partial charge in [0.25, 0.3) is 0 Å². The van der Waals surface area contributed by atoms with Crippen molar-refractivity contribution in [1.29, 1.82) is 0 Å². The largest absolute Gasteiger partial charge is 0.504 e. The number of phenols is 1. The lowest BCUT2D eigenvalue weighted by molar-refractivity contribution is -0.127. The quantitative estimate of drug-likeness (QED) is 0.638. The normalized spacial score (nSPS) is 13.8. The maximum Gasteiger partial charge on any atom is 0.161 e. The van der Waals surface area contributed by atoms with Gasteiger partial charge in [-0.05, 0) is 36.0 Å². The van der Waals surface area contributed by atoms with Gasteiger partial charge in [0.05, 0.1) is 7.11 Å². The maximum absolute atomic E-state index is 12.1. The standard InChI is InChI=1S/C20H32O4/c1-14(2)6-5-7-15(3)8-10-17(21)19(23)12-16-9-11-18(22)20(13-16)24-4/h9,11,13-15,19,22-23H,5-8,10,12H2,1-4H3/t15-,19-/m1/s1. The Hall–Kier alpha value is -1.55. The number of carbonyl (C=O) groups excluding carboxylic acids is 1. The van der Waals surface area contributed by atoms with Crippen molar-refractivity contribution in [3.05, 3.63) is 23.8 Å². The van der Waals surface area contributed by atoms with Gasteiger partial charge in [0, 0.05) is 12.8 Å². The number of aliphatic hydroxyl groups excluding tert-OH is 1. The molecular formula is C20H32O4. The minimum absolute atomic E-state index is 0.0530. The molecule has 0 saturated heterocycles. The highest BCUT2D eigenvalue weighted by atomic mass is 16.5. The summed E-state index contributed by atoms with van der Waals surface area (Å²) >= 11 is 0. The van der Waals surface area contributed by atoms with E-state index in [4.69, 9.17) is 4.74 Å². The maximum atomic E-state index is 12.1. The molecule has 0 aliphatic heterocycles. The first-order valence-electron chi connectivity index (χ1n) is 8.90. The van der Waals surface area contributed by atoms with Crippen molar-refractivity contribution in [3.8, 4) is 11.5 Å². The highest BCUT2D eigenvalue weighted by Gasteiger charge is 2.17. The predicted octanol–water partition coefficient (Wildman–Crippen LogP) is 4.12. The lowest BCUT2D eigenvalue weighted by atomic mass is 9.93. The van der Waals surface area contributed by atoms with Crippen LogP contribution in [0.3, 0.4) is 0 Å². The third-order valence-electron chi connectivity index (χ3n) is 4.41. The predicted molar refractivity (Wildman–Crippen MR) is 96.5 cm³/mol. The molecule has 0 unspecified atom stereocenters. The molecule has 0 aliphatic rings. The van der Waals surface area contributed by atoms with Crippen LogP contribution in [-0.4, -0.2) is 29.2 Å². The summed E-state index contributed by atoms with van der Waals surface area (Å²) < 4.78 is 5.04. The molecule has 0 heterocycles. The first-order valence-corrected chi connectivity index (χ1v) is 8.90. The van der Waals surface area contributed by atoms with Gasteiger partial charge in [0.15, 0.2) is 17.3 Å². The van der Waals surface area contributed by atoms with Crippen LogP contribution in [0.25, 0.3) is 0 Å². The van der Waals surface area contributed by atoms with Crippen molar-refractivity contribution in [3.63, 3.8) is 0 Å². The molecule has 4 heteroatoms. The molecule has 0 bridgehead atoms. The summed E-state index contributed by atoms with van der Waals surface area (Å²) in [4.78, 5) is 12.1. The number of aliphatic hydroxyl groups is 1. The van der Waals surface area contributed by atoms with Gasteiger partial charge in [-0.15, -0.1) is 0 Å². The smallest absolute Gasteiger partial charge is 0.161 e. The van der Waals surface area contributed by atoms with Crippen LogP contribution in [0.1, 0.15) is 58.4 Å². The van der Waals surface area contributed by atoms with Crippen LogP contribution in [0.4, 0.5) is 0 Å². The van der Waals surface area contributed by atoms with E-state index in [-0.39, 0.29) is 18.0 Å². The second-order valence-electron chi connectivity index (χ2n) is 7.16. The average Bonchev–Trinajstić information content (AvgIpc) is 2.53. The van der Waals surface area contributed by atoms with Gasteiger partial charge in [-0.1, -0.05) is 46.1 Å². The molecule has 0 amide bonds. The van der Waals surface area contributed by atoms with Gasteiger partial charge in [-0.25, -0.2) is 0 Å². The zero-order valence-electron chi connectivity index (χ0n) is 15.4. The molecule has 2 N–H and O–H groups in total. The number of rotatable bonds is 11. The Morgan fingerprint density at radius 1 is 1.17 bits per heavy atom. The molecule has 136 valence electrons. The molecule has 1 aromatic carbocycles. The highest BCUT2D eigenvalue weighted by Crippen LogP contribution is 2.27. The molecule has 0 aromatic heterocycles. The third-order valence-corrected chi connectivity index (χ3v) is 4.41. The van der Waals surface area contributed by atoms with E-state index in [1.54, 1.807) is 12.1 Å². The fourth-order valence-electron chi connectivity index (χ4n) is 2.76. The lowest BCUT2D eigenvalue weighted by Crippen LogP contribution is -2.23. The van der Waals surface area contributed by atoms with E-state index in [1.165, 1.54) is 26.0 Å². The summed E-state index contributed by atoms with van der Waals surface area (Å²) in [6.45, 7) is 6.62. The Morgan fingerprint density at radius 2 is 1.88 bits per heavy atom. The average molecular weight is 336 g/mol. The van der Waals surface area contributed by atoms with Crippen LogP contribution >= 0.6 is 0 Å². The van der Waals surface area contributed by atoms with Crippen molar-refractivity contribution in [2.24, 2.45) is 11.8 Å². The number of methoxy groups -OCH3 is 1. The summed E-state index contributed by atoms with van der Waals surface area (Å²) in [7, 11) is 1.47. The summed E-state index contributed by atoms with van der Waals surface area (Å²) in [5.74, 6) is 1.53. The van der Waals surface area contributed by atoms with Crippen LogP contribution in [0.15, 0.2) is 18.2 Å².